The van der Waals surface area contributed by atoms with Crippen molar-refractivity contribution in [1.82, 2.24) is 19.7 Å². The Morgan fingerprint density at radius 2 is 1.85 bits per heavy atom. The van der Waals surface area contributed by atoms with Crippen LogP contribution in [-0.2, 0) is 19.9 Å². The zero-order valence-corrected chi connectivity index (χ0v) is 15.6. The first-order valence-corrected chi connectivity index (χ1v) is 9.21. The highest BCUT2D eigenvalue weighted by Crippen LogP contribution is 2.29. The maximum absolute atomic E-state index is 13.0. The molecule has 1 aliphatic heterocycles. The molecule has 1 aliphatic rings. The Morgan fingerprint density at radius 1 is 1.07 bits per heavy atom. The predicted molar refractivity (Wildman–Crippen MR) is 106 cm³/mol. The zero-order valence-electron chi connectivity index (χ0n) is 15.6. The highest BCUT2D eigenvalue weighted by molar-refractivity contribution is 5.98. The molecule has 0 bridgehead atoms. The number of nitrogens with one attached hydrogen (secondary N) is 1. The molecule has 0 saturated carbocycles. The van der Waals surface area contributed by atoms with Crippen LogP contribution in [0.2, 0.25) is 0 Å². The van der Waals surface area contributed by atoms with E-state index in [0.29, 0.717) is 24.5 Å². The average Bonchev–Trinajstić information content (AvgIpc) is 2.89. The quantitative estimate of drug-likeness (QED) is 0.779. The SMILES string of the molecule is CNc1ncccc1C(=O)N1CCc2nn(C)c(-c3ccccc3)c2CC1. The Balaban J connectivity index is 1.61. The first kappa shape index (κ1) is 17.3. The van der Waals surface area contributed by atoms with Crippen molar-refractivity contribution in [1.29, 1.82) is 0 Å². The van der Waals surface area contributed by atoms with Crippen molar-refractivity contribution in [2.24, 2.45) is 7.05 Å². The molecule has 6 heteroatoms. The van der Waals surface area contributed by atoms with E-state index < -0.39 is 0 Å². The fraction of sp³-hybridized carbons (Fsp3) is 0.286. The minimum absolute atomic E-state index is 0.0169. The maximum atomic E-state index is 13.0. The van der Waals surface area contributed by atoms with Crippen LogP contribution in [0.15, 0.2) is 48.7 Å². The van der Waals surface area contributed by atoms with Gasteiger partial charge >= 0.3 is 0 Å². The van der Waals surface area contributed by atoms with Crippen LogP contribution in [0.5, 0.6) is 0 Å². The fourth-order valence-electron chi connectivity index (χ4n) is 3.79. The summed E-state index contributed by atoms with van der Waals surface area (Å²) < 4.78 is 1.97. The highest BCUT2D eigenvalue weighted by atomic mass is 16.2. The monoisotopic (exact) mass is 361 g/mol. The maximum Gasteiger partial charge on any atom is 0.257 e. The summed E-state index contributed by atoms with van der Waals surface area (Å²) in [6.45, 7) is 1.34. The first-order chi connectivity index (χ1) is 13.2. The van der Waals surface area contributed by atoms with Crippen LogP contribution in [0.4, 0.5) is 5.82 Å². The van der Waals surface area contributed by atoms with E-state index in [9.17, 15) is 4.79 Å². The van der Waals surface area contributed by atoms with Crippen LogP contribution in [-0.4, -0.2) is 45.7 Å². The molecule has 3 aromatic rings. The van der Waals surface area contributed by atoms with Gasteiger partial charge in [-0.1, -0.05) is 30.3 Å². The summed E-state index contributed by atoms with van der Waals surface area (Å²) >= 11 is 0. The summed E-state index contributed by atoms with van der Waals surface area (Å²) in [5.41, 5.74) is 5.27. The number of nitrogens with zero attached hydrogens (tertiary/aromatic N) is 4. The topological polar surface area (TPSA) is 63.1 Å². The lowest BCUT2D eigenvalue weighted by molar-refractivity contribution is 0.0763. The normalized spacial score (nSPS) is 13.8. The van der Waals surface area contributed by atoms with Gasteiger partial charge < -0.3 is 10.2 Å². The van der Waals surface area contributed by atoms with E-state index in [4.69, 9.17) is 5.10 Å². The Morgan fingerprint density at radius 3 is 2.63 bits per heavy atom. The van der Waals surface area contributed by atoms with Crippen molar-refractivity contribution in [2.45, 2.75) is 12.8 Å². The molecule has 0 atom stereocenters. The van der Waals surface area contributed by atoms with Crippen molar-refractivity contribution in [3.05, 3.63) is 65.5 Å². The summed E-state index contributed by atoms with van der Waals surface area (Å²) in [5.74, 6) is 0.636. The van der Waals surface area contributed by atoms with Gasteiger partial charge in [-0.2, -0.15) is 5.10 Å². The molecule has 3 heterocycles. The van der Waals surface area contributed by atoms with Gasteiger partial charge in [-0.05, 0) is 18.6 Å². The van der Waals surface area contributed by atoms with Gasteiger partial charge in [-0.15, -0.1) is 0 Å². The molecule has 138 valence electrons. The van der Waals surface area contributed by atoms with Gasteiger partial charge in [0.1, 0.15) is 5.82 Å². The van der Waals surface area contributed by atoms with Crippen molar-refractivity contribution in [3.63, 3.8) is 0 Å². The minimum atomic E-state index is 0.0169. The lowest BCUT2D eigenvalue weighted by atomic mass is 10.0. The number of pyridine rings is 1. The number of benzene rings is 1. The van der Waals surface area contributed by atoms with Crippen molar-refractivity contribution in [3.8, 4) is 11.3 Å². The number of amides is 1. The molecule has 1 amide bonds. The number of carbonyl (C=O) groups is 1. The third kappa shape index (κ3) is 3.18. The Labute approximate surface area is 158 Å². The third-order valence-corrected chi connectivity index (χ3v) is 5.09. The number of anilines is 1. The molecule has 0 unspecified atom stereocenters. The molecule has 2 aromatic heterocycles. The second-order valence-corrected chi connectivity index (χ2v) is 6.71. The predicted octanol–water partition coefficient (Wildman–Crippen LogP) is 2.76. The second-order valence-electron chi connectivity index (χ2n) is 6.71. The van der Waals surface area contributed by atoms with Gasteiger partial charge in [0.2, 0.25) is 0 Å². The molecular weight excluding hydrogens is 338 g/mol. The van der Waals surface area contributed by atoms with Crippen LogP contribution in [0.3, 0.4) is 0 Å². The summed E-state index contributed by atoms with van der Waals surface area (Å²) in [6, 6.07) is 14.0. The van der Waals surface area contributed by atoms with E-state index in [1.54, 1.807) is 19.3 Å². The van der Waals surface area contributed by atoms with Crippen LogP contribution in [0.1, 0.15) is 21.6 Å². The number of hydrogen-bond donors (Lipinski definition) is 1. The number of hydrogen-bond acceptors (Lipinski definition) is 4. The lowest BCUT2D eigenvalue weighted by Crippen LogP contribution is -2.34. The number of carbonyl (C=O) groups excluding carboxylic acids is 1. The second kappa shape index (κ2) is 7.23. The summed E-state index contributed by atoms with van der Waals surface area (Å²) in [5, 5.41) is 7.75. The van der Waals surface area contributed by atoms with Crippen LogP contribution >= 0.6 is 0 Å². The van der Waals surface area contributed by atoms with Gasteiger partial charge in [0.25, 0.3) is 5.91 Å². The number of fused-ring (bicyclic) bond motifs is 1. The van der Waals surface area contributed by atoms with E-state index in [1.807, 2.05) is 40.9 Å². The number of rotatable bonds is 3. The molecule has 0 fully saturated rings. The van der Waals surface area contributed by atoms with Crippen LogP contribution in [0.25, 0.3) is 11.3 Å². The Hall–Kier alpha value is -3.15. The minimum Gasteiger partial charge on any atom is -0.372 e. The molecule has 0 aliphatic carbocycles. The zero-order chi connectivity index (χ0) is 18.8. The molecule has 6 nitrogen and oxygen atoms in total. The van der Waals surface area contributed by atoms with Crippen molar-refractivity contribution in [2.75, 3.05) is 25.5 Å². The lowest BCUT2D eigenvalue weighted by Gasteiger charge is -2.21. The molecule has 1 aromatic carbocycles. The summed E-state index contributed by atoms with van der Waals surface area (Å²) in [4.78, 5) is 19.2. The number of aryl methyl sites for hydroxylation is 1. The van der Waals surface area contributed by atoms with Gasteiger partial charge in [0, 0.05) is 50.9 Å². The van der Waals surface area contributed by atoms with Gasteiger partial charge in [0.05, 0.1) is 17.0 Å². The molecule has 27 heavy (non-hydrogen) atoms. The molecular formula is C21H23N5O. The van der Waals surface area contributed by atoms with E-state index in [1.165, 1.54) is 11.1 Å². The largest absolute Gasteiger partial charge is 0.372 e. The molecule has 0 radical (unpaired) electrons. The molecule has 4 rings (SSSR count). The molecule has 1 N–H and O–H groups in total. The third-order valence-electron chi connectivity index (χ3n) is 5.09. The van der Waals surface area contributed by atoms with Gasteiger partial charge in [-0.3, -0.25) is 9.48 Å². The van der Waals surface area contributed by atoms with Gasteiger partial charge in [0.15, 0.2) is 0 Å². The van der Waals surface area contributed by atoms with Crippen molar-refractivity contribution >= 4 is 11.7 Å². The van der Waals surface area contributed by atoms with Gasteiger partial charge in [-0.25, -0.2) is 4.98 Å². The molecule has 0 saturated heterocycles. The summed E-state index contributed by atoms with van der Waals surface area (Å²) in [7, 11) is 3.78. The molecule has 0 spiro atoms. The van der Waals surface area contributed by atoms with E-state index in [2.05, 4.69) is 22.4 Å². The fourth-order valence-corrected chi connectivity index (χ4v) is 3.79. The highest BCUT2D eigenvalue weighted by Gasteiger charge is 2.26. The first-order valence-electron chi connectivity index (χ1n) is 9.21. The number of aromatic nitrogens is 3. The van der Waals surface area contributed by atoms with Crippen LogP contribution in [0, 0.1) is 0 Å². The van der Waals surface area contributed by atoms with Crippen LogP contribution < -0.4 is 5.32 Å². The van der Waals surface area contributed by atoms with E-state index in [-0.39, 0.29) is 5.91 Å². The van der Waals surface area contributed by atoms with E-state index >= 15 is 0 Å². The van der Waals surface area contributed by atoms with Crippen molar-refractivity contribution < 1.29 is 4.79 Å². The Kier molecular flexibility index (Phi) is 4.62. The smallest absolute Gasteiger partial charge is 0.257 e. The standard InChI is InChI=1S/C21H23N5O/c1-22-20-17(9-6-12-23-20)21(27)26-13-10-16-18(11-14-26)24-25(2)19(16)15-7-4-3-5-8-15/h3-9,12H,10-11,13-14H2,1-2H3,(H,22,23). The Bertz CT molecular complexity index is 964. The average molecular weight is 361 g/mol. The summed E-state index contributed by atoms with van der Waals surface area (Å²) in [6.07, 6.45) is 3.25. The van der Waals surface area contributed by atoms with E-state index in [0.717, 1.165) is 24.2 Å².